The van der Waals surface area contributed by atoms with Gasteiger partial charge in [0.25, 0.3) is 0 Å². The van der Waals surface area contributed by atoms with Crippen LogP contribution in [0.2, 0.25) is 0 Å². The largest absolute Gasteiger partial charge is 0.396 e. The lowest BCUT2D eigenvalue weighted by atomic mass is 10.1. The van der Waals surface area contributed by atoms with E-state index in [9.17, 15) is 5.11 Å². The smallest absolute Gasteiger partial charge is 0.152 e. The van der Waals surface area contributed by atoms with E-state index in [1.807, 2.05) is 43.5 Å². The van der Waals surface area contributed by atoms with Crippen molar-refractivity contribution in [2.75, 3.05) is 18.9 Å². The van der Waals surface area contributed by atoms with Crippen molar-refractivity contribution in [2.24, 2.45) is 0 Å². The maximum absolute atomic E-state index is 9.96. The summed E-state index contributed by atoms with van der Waals surface area (Å²) in [5, 5.41) is 19.9. The van der Waals surface area contributed by atoms with Gasteiger partial charge in [-0.15, -0.1) is 0 Å². The number of ether oxygens (including phenoxy) is 1. The highest BCUT2D eigenvalue weighted by atomic mass is 16.5. The number of nitrogen functional groups attached to an aromatic ring is 1. The molecule has 0 saturated heterocycles. The number of benzene rings is 1. The number of aryl methyl sites for hydroxylation is 1. The summed E-state index contributed by atoms with van der Waals surface area (Å²) in [5.74, 6) is 1.10. The van der Waals surface area contributed by atoms with Gasteiger partial charge >= 0.3 is 0 Å². The molecule has 0 fully saturated rings. The normalized spacial score (nSPS) is 12.2. The molecule has 3 rings (SSSR count). The minimum Gasteiger partial charge on any atom is -0.396 e. The zero-order valence-electron chi connectivity index (χ0n) is 17.3. The molecule has 1 unspecified atom stereocenters. The number of nitrogens with two attached hydrogens (primary N) is 1. The van der Waals surface area contributed by atoms with Crippen LogP contribution in [0.3, 0.4) is 0 Å². The van der Waals surface area contributed by atoms with Gasteiger partial charge in [-0.2, -0.15) is 0 Å². The molecule has 0 aliphatic carbocycles. The van der Waals surface area contributed by atoms with Gasteiger partial charge in [0.05, 0.1) is 23.7 Å². The minimum atomic E-state index is -0.527. The Kier molecular flexibility index (Phi) is 8.17. The first-order valence-electron chi connectivity index (χ1n) is 9.99. The van der Waals surface area contributed by atoms with Crippen LogP contribution < -0.4 is 5.73 Å². The molecule has 2 heterocycles. The molecule has 1 atom stereocenters. The number of hydrogen-bond acceptors (Lipinski definition) is 6. The number of fused-ring (bicyclic) bond motifs is 3. The van der Waals surface area contributed by atoms with Crippen LogP contribution in [0.5, 0.6) is 0 Å². The van der Waals surface area contributed by atoms with E-state index >= 15 is 0 Å². The lowest BCUT2D eigenvalue weighted by Crippen LogP contribution is -2.15. The van der Waals surface area contributed by atoms with E-state index in [2.05, 4.69) is 9.97 Å². The second kappa shape index (κ2) is 10.4. The zero-order valence-corrected chi connectivity index (χ0v) is 17.3. The Labute approximate surface area is 166 Å². The van der Waals surface area contributed by atoms with E-state index < -0.39 is 6.10 Å². The molecule has 3 aromatic rings. The number of rotatable bonds is 8. The third-order valence-corrected chi connectivity index (χ3v) is 4.35. The van der Waals surface area contributed by atoms with Crippen LogP contribution in [-0.2, 0) is 24.3 Å². The summed E-state index contributed by atoms with van der Waals surface area (Å²) < 4.78 is 7.51. The number of aliphatic hydroxyl groups is 2. The first kappa shape index (κ1) is 22.1. The molecule has 1 aromatic carbocycles. The average molecular weight is 389 g/mol. The number of imidazole rings is 1. The van der Waals surface area contributed by atoms with Crippen LogP contribution in [0.1, 0.15) is 45.5 Å². The van der Waals surface area contributed by atoms with Crippen molar-refractivity contribution in [2.45, 2.75) is 59.8 Å². The van der Waals surface area contributed by atoms with Crippen molar-refractivity contribution < 1.29 is 14.9 Å². The molecular weight excluding hydrogens is 356 g/mol. The first-order chi connectivity index (χ1) is 13.5. The van der Waals surface area contributed by atoms with Gasteiger partial charge in [0.2, 0.25) is 0 Å². The van der Waals surface area contributed by atoms with Gasteiger partial charge in [-0.25, -0.2) is 9.97 Å². The van der Waals surface area contributed by atoms with Crippen LogP contribution >= 0.6 is 0 Å². The quantitative estimate of drug-likeness (QED) is 0.548. The van der Waals surface area contributed by atoms with E-state index in [1.165, 1.54) is 0 Å². The lowest BCUT2D eigenvalue weighted by molar-refractivity contribution is 0.121. The fraction of sp³-hybridized carbons (Fsp3) is 0.524. The monoisotopic (exact) mass is 388 g/mol. The number of hydrogen-bond donors (Lipinski definition) is 3. The van der Waals surface area contributed by atoms with Crippen LogP contribution in [0.25, 0.3) is 21.9 Å². The highest BCUT2D eigenvalue weighted by Gasteiger charge is 2.18. The third-order valence-electron chi connectivity index (χ3n) is 4.35. The van der Waals surface area contributed by atoms with Gasteiger partial charge in [-0.3, -0.25) is 0 Å². The molecule has 0 radical (unpaired) electrons. The maximum atomic E-state index is 9.96. The summed E-state index contributed by atoms with van der Waals surface area (Å²) in [6.45, 7) is 9.18. The highest BCUT2D eigenvalue weighted by molar-refractivity contribution is 6.06. The van der Waals surface area contributed by atoms with Crippen molar-refractivity contribution in [1.82, 2.24) is 14.5 Å². The number of anilines is 1. The van der Waals surface area contributed by atoms with E-state index in [4.69, 9.17) is 15.6 Å². The van der Waals surface area contributed by atoms with Gasteiger partial charge < -0.3 is 25.3 Å². The number of aromatic nitrogens is 3. The molecule has 2 aromatic heterocycles. The molecular formula is C21H32N4O3. The van der Waals surface area contributed by atoms with Gasteiger partial charge in [0, 0.05) is 18.6 Å². The van der Waals surface area contributed by atoms with E-state index in [-0.39, 0.29) is 6.61 Å². The standard InChI is InChI=1S/C19H26N4O3.C2H6/c1-3-26-11-16-22-17-18(23(16)10-12(2)25)14-7-6-13(5-4-8-24)9-15(14)21-19(17)20;1-2/h6-7,9,12,24-25H,3-5,8,10-11H2,1-2H3,(H2,20,21);1-2H3. The number of nitrogens with zero attached hydrogens (tertiary/aromatic N) is 3. The minimum absolute atomic E-state index is 0.161. The highest BCUT2D eigenvalue weighted by Crippen LogP contribution is 2.30. The summed E-state index contributed by atoms with van der Waals surface area (Å²) >= 11 is 0. The first-order valence-corrected chi connectivity index (χ1v) is 9.99. The van der Waals surface area contributed by atoms with Gasteiger partial charge in [0.1, 0.15) is 17.9 Å². The SMILES string of the molecule is CC.CCOCc1nc2c(N)nc3cc(CCCO)ccc3c2n1CC(C)O. The molecule has 0 aliphatic heterocycles. The summed E-state index contributed by atoms with van der Waals surface area (Å²) in [6.07, 6.45) is 0.970. The number of pyridine rings is 1. The Morgan fingerprint density at radius 3 is 2.64 bits per heavy atom. The number of aliphatic hydroxyl groups excluding tert-OH is 2. The fourth-order valence-electron chi connectivity index (χ4n) is 3.21. The van der Waals surface area contributed by atoms with Crippen LogP contribution in [0, 0.1) is 0 Å². The Morgan fingerprint density at radius 1 is 1.25 bits per heavy atom. The lowest BCUT2D eigenvalue weighted by Gasteiger charge is -2.13. The van der Waals surface area contributed by atoms with Gasteiger partial charge in [-0.05, 0) is 38.3 Å². The van der Waals surface area contributed by atoms with Crippen LogP contribution in [0.4, 0.5) is 5.82 Å². The molecule has 7 nitrogen and oxygen atoms in total. The average Bonchev–Trinajstić information content (AvgIpc) is 3.04. The molecule has 0 amide bonds. The van der Waals surface area contributed by atoms with Crippen molar-refractivity contribution in [3.8, 4) is 0 Å². The predicted molar refractivity (Wildman–Crippen MR) is 113 cm³/mol. The van der Waals surface area contributed by atoms with E-state index in [0.29, 0.717) is 37.5 Å². The molecule has 154 valence electrons. The summed E-state index contributed by atoms with van der Waals surface area (Å²) in [7, 11) is 0. The second-order valence-electron chi connectivity index (χ2n) is 6.50. The Hall–Kier alpha value is -2.22. The summed E-state index contributed by atoms with van der Waals surface area (Å²) in [6, 6.07) is 6.06. The molecule has 0 aliphatic rings. The molecule has 4 N–H and O–H groups in total. The third kappa shape index (κ3) is 4.79. The maximum Gasteiger partial charge on any atom is 0.152 e. The fourth-order valence-corrected chi connectivity index (χ4v) is 3.21. The van der Waals surface area contributed by atoms with E-state index in [1.54, 1.807) is 6.92 Å². The van der Waals surface area contributed by atoms with Crippen molar-refractivity contribution >= 4 is 27.8 Å². The van der Waals surface area contributed by atoms with Crippen molar-refractivity contribution in [3.63, 3.8) is 0 Å². The Morgan fingerprint density at radius 2 is 2.00 bits per heavy atom. The molecule has 28 heavy (non-hydrogen) atoms. The predicted octanol–water partition coefficient (Wildman–Crippen LogP) is 3.04. The van der Waals surface area contributed by atoms with Crippen LogP contribution in [-0.4, -0.2) is 44.1 Å². The Bertz CT molecular complexity index is 906. The summed E-state index contributed by atoms with van der Waals surface area (Å²) in [4.78, 5) is 9.15. The molecule has 0 spiro atoms. The van der Waals surface area contributed by atoms with E-state index in [0.717, 1.165) is 34.2 Å². The molecule has 7 heteroatoms. The second-order valence-corrected chi connectivity index (χ2v) is 6.50. The zero-order chi connectivity index (χ0) is 20.7. The molecule has 0 bridgehead atoms. The summed E-state index contributed by atoms with van der Waals surface area (Å²) in [5.41, 5.74) is 9.59. The van der Waals surface area contributed by atoms with Crippen molar-refractivity contribution in [3.05, 3.63) is 29.6 Å². The Balaban J connectivity index is 0.00000136. The topological polar surface area (TPSA) is 106 Å². The molecule has 0 saturated carbocycles. The van der Waals surface area contributed by atoms with Gasteiger partial charge in [-0.1, -0.05) is 26.0 Å². The van der Waals surface area contributed by atoms with Crippen LogP contribution in [0.15, 0.2) is 18.2 Å². The van der Waals surface area contributed by atoms with Crippen molar-refractivity contribution in [1.29, 1.82) is 0 Å². The van der Waals surface area contributed by atoms with Gasteiger partial charge in [0.15, 0.2) is 5.82 Å².